The van der Waals surface area contributed by atoms with Crippen LogP contribution in [0.1, 0.15) is 22.3 Å². The smallest absolute Gasteiger partial charge is 0.251 e. The van der Waals surface area contributed by atoms with E-state index in [4.69, 9.17) is 0 Å². The summed E-state index contributed by atoms with van der Waals surface area (Å²) in [6.45, 7) is 2.40. The summed E-state index contributed by atoms with van der Waals surface area (Å²) in [4.78, 5) is 11.8. The summed E-state index contributed by atoms with van der Waals surface area (Å²) in [6.07, 6.45) is 0.649. The van der Waals surface area contributed by atoms with E-state index in [0.29, 0.717) is 18.5 Å². The molecule has 2 rings (SSSR count). The van der Waals surface area contributed by atoms with Crippen molar-refractivity contribution in [1.29, 1.82) is 0 Å². The monoisotopic (exact) mass is 267 g/mol. The van der Waals surface area contributed by atoms with Gasteiger partial charge in [0.1, 0.15) is 0 Å². The highest BCUT2D eigenvalue weighted by atomic mass is 32.2. The molecule has 0 radical (unpaired) electrons. The van der Waals surface area contributed by atoms with Gasteiger partial charge in [-0.25, -0.2) is 8.42 Å². The zero-order chi connectivity index (χ0) is 13.2. The fourth-order valence-electron chi connectivity index (χ4n) is 2.08. The highest BCUT2D eigenvalue weighted by molar-refractivity contribution is 7.91. The third-order valence-electron chi connectivity index (χ3n) is 3.19. The normalized spacial score (nSPS) is 21.7. The Bertz CT molecular complexity index is 534. The van der Waals surface area contributed by atoms with E-state index in [1.165, 1.54) is 0 Å². The van der Waals surface area contributed by atoms with Crippen LogP contribution in [-0.4, -0.2) is 32.4 Å². The summed E-state index contributed by atoms with van der Waals surface area (Å²) in [5.41, 5.74) is 1.72. The first-order chi connectivity index (χ1) is 8.46. The predicted molar refractivity (Wildman–Crippen MR) is 70.3 cm³/mol. The van der Waals surface area contributed by atoms with Gasteiger partial charge < -0.3 is 5.32 Å². The molecule has 0 unspecified atom stereocenters. The van der Waals surface area contributed by atoms with Gasteiger partial charge in [-0.2, -0.15) is 0 Å². The maximum atomic E-state index is 11.8. The SMILES string of the molecule is Cc1ccc(C(=O)NC[C@H]2CCS(=O)(=O)C2)cc1. The summed E-state index contributed by atoms with van der Waals surface area (Å²) in [6, 6.07) is 7.32. The minimum Gasteiger partial charge on any atom is -0.352 e. The van der Waals surface area contributed by atoms with Gasteiger partial charge in [0.25, 0.3) is 5.91 Å². The number of hydrogen-bond donors (Lipinski definition) is 1. The van der Waals surface area contributed by atoms with Crippen molar-refractivity contribution < 1.29 is 13.2 Å². The van der Waals surface area contributed by atoms with Crippen molar-refractivity contribution in [2.24, 2.45) is 5.92 Å². The first kappa shape index (κ1) is 13.1. The fraction of sp³-hybridized carbons (Fsp3) is 0.462. The van der Waals surface area contributed by atoms with Gasteiger partial charge >= 0.3 is 0 Å². The zero-order valence-electron chi connectivity index (χ0n) is 10.3. The van der Waals surface area contributed by atoms with Crippen LogP contribution in [0.4, 0.5) is 0 Å². The molecule has 4 nitrogen and oxygen atoms in total. The number of aryl methyl sites for hydroxylation is 1. The lowest BCUT2D eigenvalue weighted by Gasteiger charge is -2.09. The molecule has 1 aromatic carbocycles. The molecule has 98 valence electrons. The Labute approximate surface area is 107 Å². The van der Waals surface area contributed by atoms with Crippen LogP contribution < -0.4 is 5.32 Å². The van der Waals surface area contributed by atoms with Crippen molar-refractivity contribution in [2.45, 2.75) is 13.3 Å². The largest absolute Gasteiger partial charge is 0.352 e. The molecule has 1 saturated heterocycles. The van der Waals surface area contributed by atoms with Crippen molar-refractivity contribution in [3.8, 4) is 0 Å². The average molecular weight is 267 g/mol. The molecule has 1 N–H and O–H groups in total. The van der Waals surface area contributed by atoms with Crippen LogP contribution in [0.15, 0.2) is 24.3 Å². The fourth-order valence-corrected chi connectivity index (χ4v) is 3.94. The summed E-state index contributed by atoms with van der Waals surface area (Å²) >= 11 is 0. The molecule has 1 aromatic rings. The summed E-state index contributed by atoms with van der Waals surface area (Å²) < 4.78 is 22.6. The van der Waals surface area contributed by atoms with Gasteiger partial charge in [-0.05, 0) is 31.4 Å². The van der Waals surface area contributed by atoms with E-state index in [1.807, 2.05) is 19.1 Å². The van der Waals surface area contributed by atoms with Crippen LogP contribution in [-0.2, 0) is 9.84 Å². The second-order valence-electron chi connectivity index (χ2n) is 4.85. The molecule has 0 bridgehead atoms. The summed E-state index contributed by atoms with van der Waals surface area (Å²) in [5, 5.41) is 2.79. The topological polar surface area (TPSA) is 63.2 Å². The van der Waals surface area contributed by atoms with Gasteiger partial charge in [0.2, 0.25) is 0 Å². The number of amides is 1. The lowest BCUT2D eigenvalue weighted by molar-refractivity contribution is 0.0948. The first-order valence-corrected chi connectivity index (χ1v) is 7.84. The molecule has 0 saturated carbocycles. The number of sulfone groups is 1. The van der Waals surface area contributed by atoms with E-state index >= 15 is 0 Å². The van der Waals surface area contributed by atoms with Gasteiger partial charge in [-0.3, -0.25) is 4.79 Å². The number of carbonyl (C=O) groups is 1. The number of benzene rings is 1. The van der Waals surface area contributed by atoms with E-state index in [9.17, 15) is 13.2 Å². The maximum Gasteiger partial charge on any atom is 0.251 e. The number of nitrogens with one attached hydrogen (secondary N) is 1. The molecule has 1 heterocycles. The molecule has 0 aliphatic carbocycles. The molecular weight excluding hydrogens is 250 g/mol. The van der Waals surface area contributed by atoms with Gasteiger partial charge in [-0.1, -0.05) is 17.7 Å². The standard InChI is InChI=1S/C13H17NO3S/c1-10-2-4-12(5-3-10)13(15)14-8-11-6-7-18(16,17)9-11/h2-5,11H,6-9H2,1H3,(H,14,15)/t11-/m1/s1. The third kappa shape index (κ3) is 3.32. The Morgan fingerprint density at radius 3 is 2.56 bits per heavy atom. The van der Waals surface area contributed by atoms with E-state index < -0.39 is 9.84 Å². The highest BCUT2D eigenvalue weighted by Crippen LogP contribution is 2.17. The highest BCUT2D eigenvalue weighted by Gasteiger charge is 2.27. The minimum absolute atomic E-state index is 0.0596. The van der Waals surface area contributed by atoms with Crippen molar-refractivity contribution in [2.75, 3.05) is 18.1 Å². The molecule has 1 amide bonds. The van der Waals surface area contributed by atoms with Crippen LogP contribution in [0.5, 0.6) is 0 Å². The molecule has 1 aliphatic heterocycles. The van der Waals surface area contributed by atoms with Crippen LogP contribution in [0.25, 0.3) is 0 Å². The summed E-state index contributed by atoms with van der Waals surface area (Å²) in [5.74, 6) is 0.364. The number of carbonyl (C=O) groups excluding carboxylic acids is 1. The lowest BCUT2D eigenvalue weighted by atomic mass is 10.1. The molecular formula is C13H17NO3S. The molecule has 18 heavy (non-hydrogen) atoms. The van der Waals surface area contributed by atoms with Crippen molar-refractivity contribution in [1.82, 2.24) is 5.32 Å². The second-order valence-corrected chi connectivity index (χ2v) is 7.07. The molecule has 1 fully saturated rings. The Morgan fingerprint density at radius 1 is 1.33 bits per heavy atom. The van der Waals surface area contributed by atoms with E-state index in [2.05, 4.69) is 5.32 Å². The maximum absolute atomic E-state index is 11.8. The molecule has 1 atom stereocenters. The van der Waals surface area contributed by atoms with Crippen molar-refractivity contribution in [3.63, 3.8) is 0 Å². The quantitative estimate of drug-likeness (QED) is 0.894. The van der Waals surface area contributed by atoms with Crippen LogP contribution >= 0.6 is 0 Å². The van der Waals surface area contributed by atoms with Crippen LogP contribution in [0, 0.1) is 12.8 Å². The minimum atomic E-state index is -2.86. The van der Waals surface area contributed by atoms with Crippen LogP contribution in [0.2, 0.25) is 0 Å². The van der Waals surface area contributed by atoms with Crippen molar-refractivity contribution >= 4 is 15.7 Å². The Hall–Kier alpha value is -1.36. The molecule has 5 heteroatoms. The number of hydrogen-bond acceptors (Lipinski definition) is 3. The Morgan fingerprint density at radius 2 is 2.00 bits per heavy atom. The van der Waals surface area contributed by atoms with Gasteiger partial charge in [0.05, 0.1) is 11.5 Å². The van der Waals surface area contributed by atoms with Crippen molar-refractivity contribution in [3.05, 3.63) is 35.4 Å². The number of rotatable bonds is 3. The molecule has 0 aromatic heterocycles. The third-order valence-corrected chi connectivity index (χ3v) is 5.03. The van der Waals surface area contributed by atoms with Gasteiger partial charge in [0, 0.05) is 12.1 Å². The van der Waals surface area contributed by atoms with Gasteiger partial charge in [0.15, 0.2) is 9.84 Å². The summed E-state index contributed by atoms with van der Waals surface area (Å²) in [7, 11) is -2.86. The predicted octanol–water partition coefficient (Wildman–Crippen LogP) is 1.16. The first-order valence-electron chi connectivity index (χ1n) is 6.01. The molecule has 0 spiro atoms. The second kappa shape index (κ2) is 5.10. The molecule has 1 aliphatic rings. The lowest BCUT2D eigenvalue weighted by Crippen LogP contribution is -2.29. The van der Waals surface area contributed by atoms with E-state index in [1.54, 1.807) is 12.1 Å². The van der Waals surface area contributed by atoms with Gasteiger partial charge in [-0.15, -0.1) is 0 Å². The average Bonchev–Trinajstić information content (AvgIpc) is 2.67. The Balaban J connectivity index is 1.87. The zero-order valence-corrected chi connectivity index (χ0v) is 11.2. The van der Waals surface area contributed by atoms with E-state index in [0.717, 1.165) is 5.56 Å². The Kier molecular flexibility index (Phi) is 3.71. The van der Waals surface area contributed by atoms with E-state index in [-0.39, 0.29) is 23.3 Å². The van der Waals surface area contributed by atoms with Crippen LogP contribution in [0.3, 0.4) is 0 Å².